The second-order valence-electron chi connectivity index (χ2n) is 5.50. The summed E-state index contributed by atoms with van der Waals surface area (Å²) in [5, 5.41) is 15.9. The van der Waals surface area contributed by atoms with Gasteiger partial charge in [-0.25, -0.2) is 4.79 Å². The maximum Gasteiger partial charge on any atom is 0.315 e. The van der Waals surface area contributed by atoms with Crippen molar-refractivity contribution in [2.24, 2.45) is 5.92 Å². The number of nitrogens with one attached hydrogen (secondary N) is 2. The standard InChI is InChI=1S/C15H24N2O2/c1-11(2)12(3)17-14(18)16-10-15(4,19)13-8-6-5-7-9-13/h5-9,11-12,19H,10H2,1-4H3,(H2,16,17,18). The third-order valence-electron chi connectivity index (χ3n) is 3.35. The first-order valence-electron chi connectivity index (χ1n) is 6.65. The third kappa shape index (κ3) is 4.91. The van der Waals surface area contributed by atoms with Crippen LogP contribution in [0.15, 0.2) is 30.3 Å². The number of hydrogen-bond donors (Lipinski definition) is 3. The molecule has 0 aliphatic heterocycles. The summed E-state index contributed by atoms with van der Waals surface area (Å²) in [5.74, 6) is 0.375. The van der Waals surface area contributed by atoms with Gasteiger partial charge in [-0.1, -0.05) is 44.2 Å². The summed E-state index contributed by atoms with van der Waals surface area (Å²) in [7, 11) is 0. The zero-order valence-corrected chi connectivity index (χ0v) is 12.1. The van der Waals surface area contributed by atoms with E-state index >= 15 is 0 Å². The normalized spacial score (nSPS) is 15.7. The van der Waals surface area contributed by atoms with E-state index < -0.39 is 5.60 Å². The Balaban J connectivity index is 2.50. The highest BCUT2D eigenvalue weighted by Crippen LogP contribution is 2.18. The molecule has 1 aromatic rings. The van der Waals surface area contributed by atoms with Gasteiger partial charge in [-0.15, -0.1) is 0 Å². The first-order valence-corrected chi connectivity index (χ1v) is 6.65. The van der Waals surface area contributed by atoms with Crippen molar-refractivity contribution in [2.75, 3.05) is 6.54 Å². The van der Waals surface area contributed by atoms with E-state index in [1.165, 1.54) is 0 Å². The lowest BCUT2D eigenvalue weighted by Gasteiger charge is -2.25. The molecule has 0 saturated heterocycles. The summed E-state index contributed by atoms with van der Waals surface area (Å²) in [5.41, 5.74) is -0.285. The van der Waals surface area contributed by atoms with Gasteiger partial charge in [0, 0.05) is 6.04 Å². The van der Waals surface area contributed by atoms with Crippen LogP contribution in [0.2, 0.25) is 0 Å². The molecule has 0 saturated carbocycles. The smallest absolute Gasteiger partial charge is 0.315 e. The molecule has 0 aromatic heterocycles. The van der Waals surface area contributed by atoms with E-state index in [0.29, 0.717) is 5.92 Å². The predicted molar refractivity (Wildman–Crippen MR) is 76.8 cm³/mol. The van der Waals surface area contributed by atoms with E-state index in [4.69, 9.17) is 0 Å². The third-order valence-corrected chi connectivity index (χ3v) is 3.35. The molecule has 0 aliphatic rings. The van der Waals surface area contributed by atoms with Gasteiger partial charge in [0.15, 0.2) is 0 Å². The quantitative estimate of drug-likeness (QED) is 0.764. The number of aliphatic hydroxyl groups is 1. The number of rotatable bonds is 5. The van der Waals surface area contributed by atoms with E-state index in [1.54, 1.807) is 6.92 Å². The van der Waals surface area contributed by atoms with Gasteiger partial charge in [-0.3, -0.25) is 0 Å². The molecule has 2 unspecified atom stereocenters. The summed E-state index contributed by atoms with van der Waals surface area (Å²) < 4.78 is 0. The van der Waals surface area contributed by atoms with Crippen LogP contribution in [-0.2, 0) is 5.60 Å². The van der Waals surface area contributed by atoms with Crippen LogP contribution in [0.1, 0.15) is 33.3 Å². The van der Waals surface area contributed by atoms with Crippen LogP contribution >= 0.6 is 0 Å². The topological polar surface area (TPSA) is 61.4 Å². The Kier molecular flexibility index (Phi) is 5.36. The van der Waals surface area contributed by atoms with Crippen molar-refractivity contribution in [3.05, 3.63) is 35.9 Å². The van der Waals surface area contributed by atoms with Gasteiger partial charge in [0.2, 0.25) is 0 Å². The lowest BCUT2D eigenvalue weighted by molar-refractivity contribution is 0.0592. The Labute approximate surface area is 115 Å². The van der Waals surface area contributed by atoms with Gasteiger partial charge in [-0.2, -0.15) is 0 Å². The van der Waals surface area contributed by atoms with Crippen molar-refractivity contribution in [1.82, 2.24) is 10.6 Å². The molecule has 0 fully saturated rings. The Hall–Kier alpha value is -1.55. The van der Waals surface area contributed by atoms with Gasteiger partial charge in [0.05, 0.1) is 6.54 Å². The van der Waals surface area contributed by atoms with Gasteiger partial charge >= 0.3 is 6.03 Å². The lowest BCUT2D eigenvalue weighted by Crippen LogP contribution is -2.47. The van der Waals surface area contributed by atoms with E-state index in [1.807, 2.05) is 51.1 Å². The molecule has 106 valence electrons. The average Bonchev–Trinajstić information content (AvgIpc) is 2.37. The van der Waals surface area contributed by atoms with Gasteiger partial charge in [-0.05, 0) is 25.3 Å². The highest BCUT2D eigenvalue weighted by Gasteiger charge is 2.23. The summed E-state index contributed by atoms with van der Waals surface area (Å²) in [6, 6.07) is 9.16. The minimum Gasteiger partial charge on any atom is -0.384 e. The molecule has 1 aromatic carbocycles. The number of hydrogen-bond acceptors (Lipinski definition) is 2. The van der Waals surface area contributed by atoms with E-state index in [2.05, 4.69) is 10.6 Å². The molecule has 0 spiro atoms. The maximum absolute atomic E-state index is 11.7. The fourth-order valence-electron chi connectivity index (χ4n) is 1.58. The predicted octanol–water partition coefficient (Wildman–Crippen LogP) is 2.24. The molecular weight excluding hydrogens is 240 g/mol. The van der Waals surface area contributed by atoms with Crippen LogP contribution < -0.4 is 10.6 Å². The highest BCUT2D eigenvalue weighted by molar-refractivity contribution is 5.74. The fourth-order valence-corrected chi connectivity index (χ4v) is 1.58. The number of benzene rings is 1. The largest absolute Gasteiger partial charge is 0.384 e. The van der Waals surface area contributed by atoms with E-state index in [9.17, 15) is 9.90 Å². The molecule has 0 radical (unpaired) electrons. The number of carbonyl (C=O) groups is 1. The van der Waals surface area contributed by atoms with Gasteiger partial charge in [0.25, 0.3) is 0 Å². The molecule has 19 heavy (non-hydrogen) atoms. The van der Waals surface area contributed by atoms with Crippen molar-refractivity contribution in [1.29, 1.82) is 0 Å². The fraction of sp³-hybridized carbons (Fsp3) is 0.533. The van der Waals surface area contributed by atoms with Crippen molar-refractivity contribution in [2.45, 2.75) is 39.3 Å². The van der Waals surface area contributed by atoms with Crippen molar-refractivity contribution >= 4 is 6.03 Å². The number of carbonyl (C=O) groups excluding carboxylic acids is 1. The van der Waals surface area contributed by atoms with Crippen LogP contribution in [0.25, 0.3) is 0 Å². The van der Waals surface area contributed by atoms with E-state index in [-0.39, 0.29) is 18.6 Å². The molecule has 0 aliphatic carbocycles. The first kappa shape index (κ1) is 15.5. The van der Waals surface area contributed by atoms with Crippen LogP contribution in [0, 0.1) is 5.92 Å². The Morgan fingerprint density at radius 3 is 2.37 bits per heavy atom. The molecule has 0 bridgehead atoms. The van der Waals surface area contributed by atoms with Crippen LogP contribution in [0.5, 0.6) is 0 Å². The number of urea groups is 1. The molecule has 2 atom stereocenters. The van der Waals surface area contributed by atoms with Crippen molar-refractivity contribution in [3.63, 3.8) is 0 Å². The van der Waals surface area contributed by atoms with E-state index in [0.717, 1.165) is 5.56 Å². The van der Waals surface area contributed by atoms with Crippen molar-refractivity contribution < 1.29 is 9.90 Å². The maximum atomic E-state index is 11.7. The Morgan fingerprint density at radius 1 is 1.26 bits per heavy atom. The molecule has 0 heterocycles. The molecule has 3 N–H and O–H groups in total. The molecular formula is C15H24N2O2. The second-order valence-corrected chi connectivity index (χ2v) is 5.50. The summed E-state index contributed by atoms with van der Waals surface area (Å²) in [6.07, 6.45) is 0. The van der Waals surface area contributed by atoms with Crippen LogP contribution in [0.4, 0.5) is 4.79 Å². The molecule has 4 nitrogen and oxygen atoms in total. The lowest BCUT2D eigenvalue weighted by atomic mass is 9.96. The SMILES string of the molecule is CC(C)C(C)NC(=O)NCC(C)(O)c1ccccc1. The summed E-state index contributed by atoms with van der Waals surface area (Å²) >= 11 is 0. The first-order chi connectivity index (χ1) is 8.83. The highest BCUT2D eigenvalue weighted by atomic mass is 16.3. The molecule has 4 heteroatoms. The Morgan fingerprint density at radius 2 is 1.84 bits per heavy atom. The zero-order valence-electron chi connectivity index (χ0n) is 12.1. The van der Waals surface area contributed by atoms with Gasteiger partial charge < -0.3 is 15.7 Å². The Bertz CT molecular complexity index is 402. The van der Waals surface area contributed by atoms with Crippen molar-refractivity contribution in [3.8, 4) is 0 Å². The van der Waals surface area contributed by atoms with Gasteiger partial charge in [0.1, 0.15) is 5.60 Å². The monoisotopic (exact) mass is 264 g/mol. The zero-order chi connectivity index (χ0) is 14.5. The summed E-state index contributed by atoms with van der Waals surface area (Å²) in [4.78, 5) is 11.7. The second kappa shape index (κ2) is 6.57. The minimum atomic E-state index is -1.07. The minimum absolute atomic E-state index is 0.0988. The number of amides is 2. The molecule has 2 amide bonds. The molecule has 1 rings (SSSR count). The van der Waals surface area contributed by atoms with Crippen LogP contribution in [-0.4, -0.2) is 23.7 Å². The summed E-state index contributed by atoms with van der Waals surface area (Å²) in [6.45, 7) is 7.91. The average molecular weight is 264 g/mol. The van der Waals surface area contributed by atoms with Crippen LogP contribution in [0.3, 0.4) is 0 Å².